The molecule has 0 saturated heterocycles. The summed E-state index contributed by atoms with van der Waals surface area (Å²) in [5, 5.41) is 3.56. The van der Waals surface area contributed by atoms with Crippen molar-refractivity contribution in [3.8, 4) is 11.4 Å². The summed E-state index contributed by atoms with van der Waals surface area (Å²) in [7, 11) is 0. The van der Waals surface area contributed by atoms with Crippen LogP contribution < -0.4 is 10.1 Å². The first-order valence-electron chi connectivity index (χ1n) is 8.43. The average molecular weight is 398 g/mol. The largest absolute Gasteiger partial charge is 0.573 e. The van der Waals surface area contributed by atoms with Gasteiger partial charge >= 0.3 is 6.36 Å². The lowest BCUT2D eigenvalue weighted by molar-refractivity contribution is -0.274. The van der Waals surface area contributed by atoms with Gasteiger partial charge in [-0.1, -0.05) is 6.07 Å². The maximum atomic E-state index is 12.5. The van der Waals surface area contributed by atoms with Gasteiger partial charge in [0.1, 0.15) is 12.1 Å². The highest BCUT2D eigenvalue weighted by atomic mass is 19.4. The lowest BCUT2D eigenvalue weighted by Gasteiger charge is -2.11. The second-order valence-corrected chi connectivity index (χ2v) is 6.09. The van der Waals surface area contributed by atoms with Crippen molar-refractivity contribution in [3.63, 3.8) is 0 Å². The quantitative estimate of drug-likeness (QED) is 0.547. The van der Waals surface area contributed by atoms with Gasteiger partial charge in [-0.15, -0.1) is 13.2 Å². The van der Waals surface area contributed by atoms with Crippen molar-refractivity contribution in [1.82, 2.24) is 14.5 Å². The van der Waals surface area contributed by atoms with Gasteiger partial charge in [-0.05, 0) is 36.4 Å². The molecule has 0 unspecified atom stereocenters. The van der Waals surface area contributed by atoms with Gasteiger partial charge < -0.3 is 14.6 Å². The first-order chi connectivity index (χ1) is 13.9. The molecule has 0 radical (unpaired) electrons. The lowest BCUT2D eigenvalue weighted by atomic mass is 10.2. The fourth-order valence-corrected chi connectivity index (χ4v) is 2.90. The van der Waals surface area contributed by atoms with Gasteiger partial charge in [-0.3, -0.25) is 4.79 Å². The monoisotopic (exact) mass is 398 g/mol. The first kappa shape index (κ1) is 18.5. The number of carbonyl (C=O) groups excluding carboxylic acids is 1. The lowest BCUT2D eigenvalue weighted by Crippen LogP contribution is -2.17. The Morgan fingerprint density at radius 1 is 1.03 bits per heavy atom. The van der Waals surface area contributed by atoms with E-state index in [0.29, 0.717) is 16.9 Å². The Kier molecular flexibility index (Phi) is 4.63. The Morgan fingerprint density at radius 3 is 2.59 bits per heavy atom. The number of rotatable bonds is 4. The molecule has 146 valence electrons. The van der Waals surface area contributed by atoms with Crippen molar-refractivity contribution >= 4 is 22.5 Å². The number of amides is 1. The van der Waals surface area contributed by atoms with Crippen LogP contribution in [0.2, 0.25) is 0 Å². The second-order valence-electron chi connectivity index (χ2n) is 6.09. The molecule has 0 atom stereocenters. The molecule has 2 aromatic carbocycles. The number of hydrogen-bond donors (Lipinski definition) is 1. The van der Waals surface area contributed by atoms with E-state index in [2.05, 4.69) is 20.0 Å². The van der Waals surface area contributed by atoms with Crippen LogP contribution in [0.4, 0.5) is 18.9 Å². The van der Waals surface area contributed by atoms with Crippen LogP contribution >= 0.6 is 0 Å². The molecule has 1 amide bonds. The van der Waals surface area contributed by atoms with E-state index < -0.39 is 6.36 Å². The van der Waals surface area contributed by atoms with E-state index in [1.54, 1.807) is 41.1 Å². The Labute approximate surface area is 162 Å². The van der Waals surface area contributed by atoms with Gasteiger partial charge in [0.05, 0.1) is 11.1 Å². The predicted molar refractivity (Wildman–Crippen MR) is 99.9 cm³/mol. The van der Waals surface area contributed by atoms with Gasteiger partial charge in [0, 0.05) is 41.4 Å². The van der Waals surface area contributed by atoms with E-state index in [1.807, 2.05) is 0 Å². The van der Waals surface area contributed by atoms with Gasteiger partial charge in [-0.25, -0.2) is 9.97 Å². The van der Waals surface area contributed by atoms with Crippen molar-refractivity contribution in [2.24, 2.45) is 0 Å². The molecule has 1 N–H and O–H groups in total. The summed E-state index contributed by atoms with van der Waals surface area (Å²) < 4.78 is 43.1. The van der Waals surface area contributed by atoms with E-state index in [9.17, 15) is 18.0 Å². The number of anilines is 1. The number of fused-ring (bicyclic) bond motifs is 1. The summed E-state index contributed by atoms with van der Waals surface area (Å²) in [6, 6.07) is 12.7. The van der Waals surface area contributed by atoms with Crippen molar-refractivity contribution < 1.29 is 22.7 Å². The van der Waals surface area contributed by atoms with Crippen LogP contribution in [0.15, 0.2) is 73.4 Å². The number of nitrogens with zero attached hydrogens (tertiary/aromatic N) is 3. The number of ether oxygens (including phenoxy) is 1. The van der Waals surface area contributed by atoms with E-state index >= 15 is 0 Å². The number of halogens is 3. The molecule has 0 aliphatic heterocycles. The number of aromatic nitrogens is 3. The Bertz CT molecular complexity index is 1170. The number of hydrogen-bond acceptors (Lipinski definition) is 4. The van der Waals surface area contributed by atoms with Crippen molar-refractivity contribution in [2.45, 2.75) is 6.36 Å². The van der Waals surface area contributed by atoms with Crippen LogP contribution in [-0.2, 0) is 0 Å². The smallest absolute Gasteiger partial charge is 0.406 e. The molecule has 2 heterocycles. The van der Waals surface area contributed by atoms with E-state index in [-0.39, 0.29) is 11.7 Å². The molecule has 0 aliphatic rings. The summed E-state index contributed by atoms with van der Waals surface area (Å²) in [5.41, 5.74) is 2.17. The zero-order valence-corrected chi connectivity index (χ0v) is 14.7. The Morgan fingerprint density at radius 2 is 1.83 bits per heavy atom. The topological polar surface area (TPSA) is 69.0 Å². The standard InChI is InChI=1S/C20H13F3N4O2/c21-20(22,23)29-17-3-1-2-16(9-17)27-7-6-13-8-15(4-5-18(13)27)26-19(28)14-10-24-12-25-11-14/h1-12H,(H,26,28). The van der Waals surface area contributed by atoms with Gasteiger partial charge in [0.25, 0.3) is 5.91 Å². The maximum absolute atomic E-state index is 12.5. The van der Waals surface area contributed by atoms with Crippen LogP contribution in [0, 0.1) is 0 Å². The van der Waals surface area contributed by atoms with Gasteiger partial charge in [0.2, 0.25) is 0 Å². The zero-order chi connectivity index (χ0) is 20.4. The first-order valence-corrected chi connectivity index (χ1v) is 8.43. The Hall–Kier alpha value is -3.88. The highest BCUT2D eigenvalue weighted by molar-refractivity contribution is 6.04. The Balaban J connectivity index is 1.61. The van der Waals surface area contributed by atoms with Crippen LogP contribution in [0.25, 0.3) is 16.6 Å². The molecule has 29 heavy (non-hydrogen) atoms. The number of benzene rings is 2. The minimum atomic E-state index is -4.76. The minimum absolute atomic E-state index is 0.300. The third-order valence-corrected chi connectivity index (χ3v) is 4.10. The van der Waals surface area contributed by atoms with Crippen molar-refractivity contribution in [1.29, 1.82) is 0 Å². The summed E-state index contributed by atoms with van der Waals surface area (Å²) in [5.74, 6) is -0.646. The van der Waals surface area contributed by atoms with E-state index in [0.717, 1.165) is 10.9 Å². The molecule has 2 aromatic heterocycles. The molecule has 9 heteroatoms. The van der Waals surface area contributed by atoms with Crippen LogP contribution in [0.1, 0.15) is 10.4 Å². The van der Waals surface area contributed by atoms with E-state index in [4.69, 9.17) is 0 Å². The second kappa shape index (κ2) is 7.27. The number of alkyl halides is 3. The highest BCUT2D eigenvalue weighted by Crippen LogP contribution is 2.28. The highest BCUT2D eigenvalue weighted by Gasteiger charge is 2.31. The SMILES string of the molecule is O=C(Nc1ccc2c(ccn2-c2cccc(OC(F)(F)F)c2)c1)c1cncnc1. The number of carbonyl (C=O) groups is 1. The molecule has 4 aromatic rings. The maximum Gasteiger partial charge on any atom is 0.573 e. The molecule has 0 aliphatic carbocycles. The third-order valence-electron chi connectivity index (χ3n) is 4.10. The van der Waals surface area contributed by atoms with Crippen molar-refractivity contribution in [2.75, 3.05) is 5.32 Å². The average Bonchev–Trinajstić information content (AvgIpc) is 3.11. The van der Waals surface area contributed by atoms with E-state index in [1.165, 1.54) is 36.9 Å². The summed E-state index contributed by atoms with van der Waals surface area (Å²) >= 11 is 0. The fourth-order valence-electron chi connectivity index (χ4n) is 2.90. The van der Waals surface area contributed by atoms with Crippen molar-refractivity contribution in [3.05, 3.63) is 79.0 Å². The molecule has 4 rings (SSSR count). The molecule has 0 fully saturated rings. The molecule has 0 spiro atoms. The van der Waals surface area contributed by atoms with Crippen LogP contribution in [-0.4, -0.2) is 26.8 Å². The predicted octanol–water partition coefficient (Wildman–Crippen LogP) is 4.57. The molecular formula is C20H13F3N4O2. The molecule has 0 bridgehead atoms. The molecule has 0 saturated carbocycles. The van der Waals surface area contributed by atoms with Gasteiger partial charge in [0.15, 0.2) is 0 Å². The third kappa shape index (κ3) is 4.18. The van der Waals surface area contributed by atoms with Crippen LogP contribution in [0.3, 0.4) is 0 Å². The zero-order valence-electron chi connectivity index (χ0n) is 14.7. The van der Waals surface area contributed by atoms with Gasteiger partial charge in [-0.2, -0.15) is 0 Å². The normalized spacial score (nSPS) is 11.4. The summed E-state index contributed by atoms with van der Waals surface area (Å²) in [6.45, 7) is 0. The fraction of sp³-hybridized carbons (Fsp3) is 0.0500. The summed E-state index contributed by atoms with van der Waals surface area (Å²) in [6.07, 6.45) is 1.13. The minimum Gasteiger partial charge on any atom is -0.406 e. The van der Waals surface area contributed by atoms with Crippen LogP contribution in [0.5, 0.6) is 5.75 Å². The molecular weight excluding hydrogens is 385 g/mol. The molecule has 6 nitrogen and oxygen atoms in total. The summed E-state index contributed by atoms with van der Waals surface area (Å²) in [4.78, 5) is 19.8. The number of nitrogens with one attached hydrogen (secondary N) is 1.